The van der Waals surface area contributed by atoms with Crippen molar-refractivity contribution >= 4 is 5.97 Å². The third kappa shape index (κ3) is 5.54. The zero-order valence-corrected chi connectivity index (χ0v) is 23.1. The van der Waals surface area contributed by atoms with Gasteiger partial charge in [0.15, 0.2) is 6.10 Å². The molecule has 0 spiro atoms. The van der Waals surface area contributed by atoms with Crippen molar-refractivity contribution in [3.63, 3.8) is 0 Å². The lowest BCUT2D eigenvalue weighted by Gasteiger charge is -2.37. The third-order valence-electron chi connectivity index (χ3n) is 7.13. The number of carbonyl (C=O) groups is 1. The number of carbonyl (C=O) groups excluding carboxylic acids is 1. The quantitative estimate of drug-likeness (QED) is 0.146. The minimum absolute atomic E-state index is 0.260. The Hall–Kier alpha value is -4.99. The molecular weight excluding hydrogens is 510 g/mol. The molecule has 0 fully saturated rings. The third-order valence-corrected chi connectivity index (χ3v) is 7.13. The van der Waals surface area contributed by atoms with Gasteiger partial charge in [-0.1, -0.05) is 103 Å². The van der Waals surface area contributed by atoms with E-state index in [2.05, 4.69) is 47.0 Å². The molecule has 0 radical (unpaired) electrons. The zero-order chi connectivity index (χ0) is 28.7. The van der Waals surface area contributed by atoms with Gasteiger partial charge in [-0.2, -0.15) is 5.26 Å². The summed E-state index contributed by atoms with van der Waals surface area (Å²) in [6.45, 7) is 3.70. The van der Waals surface area contributed by atoms with Crippen molar-refractivity contribution < 1.29 is 14.3 Å². The van der Waals surface area contributed by atoms with E-state index >= 15 is 0 Å². The van der Waals surface area contributed by atoms with E-state index in [4.69, 9.17) is 14.5 Å². The number of aromatic nitrogens is 2. The fraction of sp³-hybridized carbons (Fsp3) is 0.171. The summed E-state index contributed by atoms with van der Waals surface area (Å²) >= 11 is 0. The predicted octanol–water partition coefficient (Wildman–Crippen LogP) is 6.65. The molecular formula is C35H31N3O3. The second-order valence-electron chi connectivity index (χ2n) is 9.66. The van der Waals surface area contributed by atoms with Crippen LogP contribution in [0.15, 0.2) is 128 Å². The van der Waals surface area contributed by atoms with Crippen molar-refractivity contribution in [1.82, 2.24) is 9.55 Å². The first-order valence-corrected chi connectivity index (χ1v) is 13.6. The number of benzene rings is 4. The van der Waals surface area contributed by atoms with E-state index in [-0.39, 0.29) is 6.61 Å². The molecule has 1 aromatic heterocycles. The maximum atomic E-state index is 12.5. The lowest BCUT2D eigenvalue weighted by atomic mass is 9.77. The van der Waals surface area contributed by atoms with Gasteiger partial charge in [0, 0.05) is 6.20 Å². The smallest absolute Gasteiger partial charge is 0.334 e. The average Bonchev–Trinajstić information content (AvgIpc) is 3.52. The molecule has 204 valence electrons. The van der Waals surface area contributed by atoms with E-state index in [1.807, 2.05) is 79.3 Å². The molecule has 0 amide bonds. The fourth-order valence-electron chi connectivity index (χ4n) is 5.21. The average molecular weight is 542 g/mol. The number of imidazole rings is 1. The molecule has 4 aromatic carbocycles. The van der Waals surface area contributed by atoms with Crippen LogP contribution in [-0.2, 0) is 19.8 Å². The number of esters is 1. The molecule has 0 saturated heterocycles. The van der Waals surface area contributed by atoms with Crippen molar-refractivity contribution in [3.05, 3.63) is 161 Å². The van der Waals surface area contributed by atoms with Gasteiger partial charge in [-0.3, -0.25) is 0 Å². The summed E-state index contributed by atoms with van der Waals surface area (Å²) in [5.41, 5.74) is 4.39. The Morgan fingerprint density at radius 1 is 0.854 bits per heavy atom. The minimum Gasteiger partial charge on any atom is -0.464 e. The van der Waals surface area contributed by atoms with Crippen molar-refractivity contribution in [2.45, 2.75) is 31.6 Å². The maximum absolute atomic E-state index is 12.5. The molecule has 0 saturated carbocycles. The van der Waals surface area contributed by atoms with E-state index in [1.54, 1.807) is 26.0 Å². The van der Waals surface area contributed by atoms with Crippen molar-refractivity contribution in [2.24, 2.45) is 0 Å². The van der Waals surface area contributed by atoms with E-state index in [9.17, 15) is 10.1 Å². The minimum atomic E-state index is -0.831. The predicted molar refractivity (Wildman–Crippen MR) is 157 cm³/mol. The number of rotatable bonds is 10. The Labute approximate surface area is 240 Å². The van der Waals surface area contributed by atoms with Gasteiger partial charge in [-0.15, -0.1) is 0 Å². The summed E-state index contributed by atoms with van der Waals surface area (Å²) < 4.78 is 13.6. The van der Waals surface area contributed by atoms with Crippen LogP contribution in [0.2, 0.25) is 0 Å². The number of hydrogen-bond acceptors (Lipinski definition) is 5. The highest BCUT2D eigenvalue weighted by Crippen LogP contribution is 2.41. The molecule has 6 nitrogen and oxygen atoms in total. The van der Waals surface area contributed by atoms with Gasteiger partial charge in [-0.05, 0) is 48.2 Å². The van der Waals surface area contributed by atoms with Gasteiger partial charge < -0.3 is 14.0 Å². The Morgan fingerprint density at radius 3 is 1.83 bits per heavy atom. The molecule has 41 heavy (non-hydrogen) atoms. The van der Waals surface area contributed by atoms with Gasteiger partial charge in [0.1, 0.15) is 11.6 Å². The summed E-state index contributed by atoms with van der Waals surface area (Å²) in [5, 5.41) is 9.32. The molecule has 5 rings (SSSR count). The molecule has 5 aromatic rings. The van der Waals surface area contributed by atoms with Crippen molar-refractivity contribution in [1.29, 1.82) is 5.26 Å². The van der Waals surface area contributed by atoms with Crippen LogP contribution in [0.4, 0.5) is 0 Å². The molecule has 0 bridgehead atoms. The summed E-state index contributed by atoms with van der Waals surface area (Å²) in [6, 6.07) is 40.3. The molecule has 2 unspecified atom stereocenters. The van der Waals surface area contributed by atoms with E-state index in [0.717, 1.165) is 22.3 Å². The molecule has 0 N–H and O–H groups in total. The number of nitrogens with zero attached hydrogens (tertiary/aromatic N) is 3. The monoisotopic (exact) mass is 541 g/mol. The van der Waals surface area contributed by atoms with E-state index < -0.39 is 23.7 Å². The molecule has 1 heterocycles. The fourth-order valence-corrected chi connectivity index (χ4v) is 5.21. The second-order valence-corrected chi connectivity index (χ2v) is 9.66. The summed E-state index contributed by atoms with van der Waals surface area (Å²) in [6.07, 6.45) is 2.29. The standard InChI is InChI=1S/C35H31N3O3/c1-3-40-34(39)26(2)41-33(28-21-19-27(23-36)20-22-28)32-24-38(25-37-32)35(29-13-7-4-8-14-29,30-15-9-5-10-16-30)31-17-11-6-12-18-31/h4-22,24-26,33H,3H2,1-2H3. The highest BCUT2D eigenvalue weighted by atomic mass is 16.6. The second kappa shape index (κ2) is 12.5. The van der Waals surface area contributed by atoms with Crippen LogP contribution in [0.1, 0.15) is 53.5 Å². The number of hydrogen-bond donors (Lipinski definition) is 0. The highest BCUT2D eigenvalue weighted by Gasteiger charge is 2.39. The van der Waals surface area contributed by atoms with Crippen LogP contribution in [-0.4, -0.2) is 28.2 Å². The van der Waals surface area contributed by atoms with Crippen molar-refractivity contribution in [3.8, 4) is 6.07 Å². The first-order chi connectivity index (χ1) is 20.1. The Morgan fingerprint density at radius 2 is 1.37 bits per heavy atom. The van der Waals surface area contributed by atoms with Gasteiger partial charge in [0.2, 0.25) is 0 Å². The van der Waals surface area contributed by atoms with Gasteiger partial charge in [0.25, 0.3) is 0 Å². The highest BCUT2D eigenvalue weighted by molar-refractivity contribution is 5.74. The molecule has 0 aliphatic rings. The van der Waals surface area contributed by atoms with Crippen LogP contribution >= 0.6 is 0 Å². The molecule has 2 atom stereocenters. The van der Waals surface area contributed by atoms with Crippen molar-refractivity contribution in [2.75, 3.05) is 6.61 Å². The maximum Gasteiger partial charge on any atom is 0.334 e. The first kappa shape index (κ1) is 27.6. The van der Waals surface area contributed by atoms with E-state index in [0.29, 0.717) is 11.3 Å². The van der Waals surface area contributed by atoms with Gasteiger partial charge in [-0.25, -0.2) is 9.78 Å². The van der Waals surface area contributed by atoms with Crippen LogP contribution in [0, 0.1) is 11.3 Å². The number of nitriles is 1. The number of ether oxygens (including phenoxy) is 2. The van der Waals surface area contributed by atoms with Crippen LogP contribution < -0.4 is 0 Å². The Bertz CT molecular complexity index is 1510. The summed E-state index contributed by atoms with van der Waals surface area (Å²) in [4.78, 5) is 17.4. The molecule has 6 heteroatoms. The topological polar surface area (TPSA) is 77.1 Å². The van der Waals surface area contributed by atoms with Gasteiger partial charge >= 0.3 is 5.97 Å². The van der Waals surface area contributed by atoms with Crippen LogP contribution in [0.5, 0.6) is 0 Å². The van der Waals surface area contributed by atoms with Gasteiger partial charge in [0.05, 0.1) is 30.3 Å². The lowest BCUT2D eigenvalue weighted by molar-refractivity contribution is -0.158. The van der Waals surface area contributed by atoms with E-state index in [1.165, 1.54) is 0 Å². The molecule has 0 aliphatic carbocycles. The SMILES string of the molecule is CCOC(=O)C(C)OC(c1ccc(C#N)cc1)c1cn(C(c2ccccc2)(c2ccccc2)c2ccccc2)cn1. The molecule has 0 aliphatic heterocycles. The normalized spacial score (nSPS) is 12.7. The zero-order valence-electron chi connectivity index (χ0n) is 23.1. The lowest BCUT2D eigenvalue weighted by Crippen LogP contribution is -2.37. The first-order valence-electron chi connectivity index (χ1n) is 13.6. The summed E-state index contributed by atoms with van der Waals surface area (Å²) in [7, 11) is 0. The van der Waals surface area contributed by atoms with Crippen LogP contribution in [0.25, 0.3) is 0 Å². The Balaban J connectivity index is 1.69. The van der Waals surface area contributed by atoms with Crippen LogP contribution in [0.3, 0.4) is 0 Å². The Kier molecular flexibility index (Phi) is 8.38. The largest absolute Gasteiger partial charge is 0.464 e. The summed E-state index contributed by atoms with van der Waals surface area (Å²) in [5.74, 6) is -0.446.